The maximum absolute atomic E-state index is 4.97. The van der Waals surface area contributed by atoms with E-state index < -0.39 is 0 Å². The van der Waals surface area contributed by atoms with Crippen LogP contribution in [0.25, 0.3) is 0 Å². The van der Waals surface area contributed by atoms with E-state index in [1.807, 2.05) is 12.2 Å². The van der Waals surface area contributed by atoms with Crippen molar-refractivity contribution in [3.05, 3.63) is 24.5 Å². The Balaban J connectivity index is 2.12. The molecule has 0 saturated heterocycles. The van der Waals surface area contributed by atoms with E-state index in [1.165, 1.54) is 75.3 Å². The summed E-state index contributed by atoms with van der Waals surface area (Å²) in [4.78, 5) is 4.93. The van der Waals surface area contributed by atoms with Gasteiger partial charge in [-0.1, -0.05) is 74.3 Å². The van der Waals surface area contributed by atoms with Crippen molar-refractivity contribution in [1.29, 1.82) is 0 Å². The molecule has 0 saturated carbocycles. The van der Waals surface area contributed by atoms with Crippen LogP contribution in [0.3, 0.4) is 0 Å². The van der Waals surface area contributed by atoms with Gasteiger partial charge in [0.1, 0.15) is 17.3 Å². The van der Waals surface area contributed by atoms with Crippen LogP contribution < -0.4 is 0 Å². The van der Waals surface area contributed by atoms with Crippen LogP contribution in [0.4, 0.5) is 0 Å². The van der Waals surface area contributed by atoms with Gasteiger partial charge in [-0.05, 0) is 25.3 Å². The van der Waals surface area contributed by atoms with E-state index in [-0.39, 0.29) is 0 Å². The van der Waals surface area contributed by atoms with Gasteiger partial charge in [0.2, 0.25) is 0 Å². The fourth-order valence-corrected chi connectivity index (χ4v) is 3.46. The standard InChI is InChI=1S/C16H28O2S2/c1-2-4-6-8-10-12-14-16-19-20-18-17-15-13-11-9-7-5-3-1/h9,11,13,15H,1-8,10,12,14,16H2. The summed E-state index contributed by atoms with van der Waals surface area (Å²) < 4.78 is 4.97. The van der Waals surface area contributed by atoms with Gasteiger partial charge < -0.3 is 4.89 Å². The Kier molecular flexibility index (Phi) is 13.8. The maximum atomic E-state index is 4.97. The van der Waals surface area contributed by atoms with Gasteiger partial charge in [-0.15, -0.1) is 4.33 Å². The second-order valence-corrected chi connectivity index (χ2v) is 7.17. The molecular weight excluding hydrogens is 288 g/mol. The Morgan fingerprint density at radius 1 is 0.700 bits per heavy atom. The molecule has 1 aliphatic heterocycles. The fraction of sp³-hybridized carbons (Fsp3) is 0.750. The monoisotopic (exact) mass is 316 g/mol. The summed E-state index contributed by atoms with van der Waals surface area (Å²) in [7, 11) is 1.72. The first-order chi connectivity index (χ1) is 10.0. The van der Waals surface area contributed by atoms with Crippen molar-refractivity contribution in [3.8, 4) is 0 Å². The molecule has 0 aliphatic carbocycles. The first-order valence-electron chi connectivity index (χ1n) is 7.93. The zero-order valence-electron chi connectivity index (χ0n) is 12.4. The van der Waals surface area contributed by atoms with Crippen molar-refractivity contribution in [1.82, 2.24) is 0 Å². The van der Waals surface area contributed by atoms with Gasteiger partial charge in [-0.3, -0.25) is 0 Å². The third-order valence-electron chi connectivity index (χ3n) is 3.34. The predicted molar refractivity (Wildman–Crippen MR) is 91.3 cm³/mol. The van der Waals surface area contributed by atoms with Crippen molar-refractivity contribution in [2.24, 2.45) is 0 Å². The molecule has 0 spiro atoms. The topological polar surface area (TPSA) is 18.5 Å². The Morgan fingerprint density at radius 2 is 1.35 bits per heavy atom. The van der Waals surface area contributed by atoms with Crippen LogP contribution in [0, 0.1) is 0 Å². The summed E-state index contributed by atoms with van der Waals surface area (Å²) in [6.45, 7) is 0. The zero-order chi connectivity index (χ0) is 14.1. The Bertz CT molecular complexity index is 229. The molecule has 0 aromatic heterocycles. The zero-order valence-corrected chi connectivity index (χ0v) is 14.1. The SMILES string of the molecule is C1=CCCCCCCCCCCCCSSOOC=C1. The van der Waals surface area contributed by atoms with Crippen LogP contribution in [0.15, 0.2) is 24.5 Å². The van der Waals surface area contributed by atoms with E-state index in [2.05, 4.69) is 6.08 Å². The second-order valence-electron chi connectivity index (χ2n) is 5.14. The number of rotatable bonds is 0. The van der Waals surface area contributed by atoms with Crippen LogP contribution >= 0.6 is 21.9 Å². The van der Waals surface area contributed by atoms with Crippen LogP contribution in [0.5, 0.6) is 0 Å². The van der Waals surface area contributed by atoms with E-state index in [0.29, 0.717) is 0 Å². The van der Waals surface area contributed by atoms with Crippen LogP contribution in [0.2, 0.25) is 0 Å². The van der Waals surface area contributed by atoms with Crippen molar-refractivity contribution in [2.75, 3.05) is 5.75 Å². The summed E-state index contributed by atoms with van der Waals surface area (Å²) in [5.74, 6) is 1.14. The molecular formula is C16H28O2S2. The smallest absolute Gasteiger partial charge is 0.130 e. The molecule has 0 N–H and O–H groups in total. The molecule has 1 rings (SSSR count). The van der Waals surface area contributed by atoms with Crippen molar-refractivity contribution < 1.29 is 9.22 Å². The van der Waals surface area contributed by atoms with Crippen LogP contribution in [-0.2, 0) is 9.22 Å². The molecule has 0 radical (unpaired) electrons. The van der Waals surface area contributed by atoms with Gasteiger partial charge in [-0.25, -0.2) is 0 Å². The van der Waals surface area contributed by atoms with Gasteiger partial charge in [0.05, 0.1) is 0 Å². The van der Waals surface area contributed by atoms with Gasteiger partial charge in [0, 0.05) is 5.75 Å². The lowest BCUT2D eigenvalue weighted by atomic mass is 10.1. The van der Waals surface area contributed by atoms with Gasteiger partial charge >= 0.3 is 0 Å². The number of hydrogen-bond acceptors (Lipinski definition) is 4. The first kappa shape index (κ1) is 18.0. The molecule has 2 nitrogen and oxygen atoms in total. The lowest BCUT2D eigenvalue weighted by Crippen LogP contribution is -1.83. The molecule has 4 heteroatoms. The highest BCUT2D eigenvalue weighted by Gasteiger charge is 1.95. The van der Waals surface area contributed by atoms with Crippen LogP contribution in [0.1, 0.15) is 70.6 Å². The summed E-state index contributed by atoms with van der Waals surface area (Å²) in [6.07, 6.45) is 22.6. The van der Waals surface area contributed by atoms with Gasteiger partial charge in [0.15, 0.2) is 0 Å². The normalized spacial score (nSPS) is 22.0. The average Bonchev–Trinajstić information content (AvgIpc) is 2.46. The molecule has 1 aliphatic rings. The molecule has 116 valence electrons. The lowest BCUT2D eigenvalue weighted by molar-refractivity contribution is -0.127. The highest BCUT2D eigenvalue weighted by atomic mass is 33.1. The van der Waals surface area contributed by atoms with E-state index in [4.69, 9.17) is 9.22 Å². The predicted octanol–water partition coefficient (Wildman–Crippen LogP) is 6.61. The minimum absolute atomic E-state index is 1.14. The van der Waals surface area contributed by atoms with Crippen molar-refractivity contribution in [2.45, 2.75) is 70.6 Å². The van der Waals surface area contributed by atoms with E-state index >= 15 is 0 Å². The maximum Gasteiger partial charge on any atom is 0.130 e. The summed E-state index contributed by atoms with van der Waals surface area (Å²) in [5, 5.41) is 0. The molecule has 0 atom stereocenters. The quantitative estimate of drug-likeness (QED) is 0.284. The lowest BCUT2D eigenvalue weighted by Gasteiger charge is -2.03. The first-order valence-corrected chi connectivity index (χ1v) is 10.2. The van der Waals surface area contributed by atoms with E-state index in [1.54, 1.807) is 17.1 Å². The fourth-order valence-electron chi connectivity index (χ4n) is 2.18. The Hall–Kier alpha value is -0.0600. The number of hydrogen-bond donors (Lipinski definition) is 0. The Morgan fingerprint density at radius 3 is 2.10 bits per heavy atom. The highest BCUT2D eigenvalue weighted by Crippen LogP contribution is 2.24. The third-order valence-corrected chi connectivity index (χ3v) is 4.99. The molecule has 0 aromatic rings. The van der Waals surface area contributed by atoms with Crippen molar-refractivity contribution in [3.63, 3.8) is 0 Å². The third kappa shape index (κ3) is 12.9. The average molecular weight is 317 g/mol. The largest absolute Gasteiger partial charge is 0.332 e. The molecule has 20 heavy (non-hydrogen) atoms. The Labute approximate surface area is 132 Å². The molecule has 0 aromatic carbocycles. The minimum Gasteiger partial charge on any atom is -0.332 e. The highest BCUT2D eigenvalue weighted by molar-refractivity contribution is 8.74. The molecule has 1 heterocycles. The van der Waals surface area contributed by atoms with Crippen LogP contribution in [-0.4, -0.2) is 5.75 Å². The molecule has 0 unspecified atom stereocenters. The van der Waals surface area contributed by atoms with Gasteiger partial charge in [0.25, 0.3) is 0 Å². The summed E-state index contributed by atoms with van der Waals surface area (Å²) in [5.41, 5.74) is 0. The van der Waals surface area contributed by atoms with Gasteiger partial charge in [-0.2, -0.15) is 0 Å². The summed E-state index contributed by atoms with van der Waals surface area (Å²) in [6, 6.07) is 0. The number of allylic oxidation sites excluding steroid dienone is 3. The second kappa shape index (κ2) is 15.3. The minimum atomic E-state index is 1.14. The molecule has 0 fully saturated rings. The summed E-state index contributed by atoms with van der Waals surface area (Å²) >= 11 is 1.32. The van der Waals surface area contributed by atoms with E-state index in [9.17, 15) is 0 Å². The molecule has 0 bridgehead atoms. The van der Waals surface area contributed by atoms with Crippen molar-refractivity contribution >= 4 is 21.9 Å². The molecule has 0 amide bonds. The van der Waals surface area contributed by atoms with E-state index in [0.717, 1.165) is 12.2 Å².